The summed E-state index contributed by atoms with van der Waals surface area (Å²) in [5, 5.41) is 9.60. The van der Waals surface area contributed by atoms with Crippen molar-refractivity contribution in [3.05, 3.63) is 107 Å². The minimum Gasteiger partial charge on any atom is -0.484 e. The molecule has 0 amide bonds. The fourth-order valence-electron chi connectivity index (χ4n) is 4.07. The first-order chi connectivity index (χ1) is 17.2. The van der Waals surface area contributed by atoms with Crippen LogP contribution in [0.1, 0.15) is 12.8 Å². The van der Waals surface area contributed by atoms with E-state index in [1.165, 1.54) is 4.57 Å². The maximum absolute atomic E-state index is 13.0. The molecule has 7 nitrogen and oxygen atoms in total. The molecule has 2 aliphatic rings. The molecule has 1 aromatic heterocycles. The van der Waals surface area contributed by atoms with Crippen LogP contribution in [0.4, 0.5) is 0 Å². The molecule has 35 heavy (non-hydrogen) atoms. The zero-order valence-corrected chi connectivity index (χ0v) is 19.3. The highest BCUT2D eigenvalue weighted by molar-refractivity contribution is 5.59. The number of likely N-dealkylation sites (tertiary alicyclic amines) is 1. The van der Waals surface area contributed by atoms with Gasteiger partial charge in [-0.1, -0.05) is 18.2 Å². The molecule has 0 radical (unpaired) electrons. The van der Waals surface area contributed by atoms with Gasteiger partial charge in [-0.3, -0.25) is 14.0 Å². The van der Waals surface area contributed by atoms with E-state index in [4.69, 9.17) is 9.47 Å². The van der Waals surface area contributed by atoms with Crippen LogP contribution in [0.25, 0.3) is 11.4 Å². The second kappa shape index (κ2) is 10.5. The van der Waals surface area contributed by atoms with Crippen molar-refractivity contribution in [2.45, 2.75) is 18.9 Å². The van der Waals surface area contributed by atoms with Crippen LogP contribution >= 0.6 is 0 Å². The molecule has 0 saturated carbocycles. The molecule has 1 aliphatic carbocycles. The van der Waals surface area contributed by atoms with Gasteiger partial charge in [0.2, 0.25) is 0 Å². The van der Waals surface area contributed by atoms with Crippen molar-refractivity contribution in [1.29, 1.82) is 0 Å². The number of aliphatic hydroxyl groups is 1. The van der Waals surface area contributed by atoms with E-state index in [2.05, 4.69) is 16.4 Å². The van der Waals surface area contributed by atoms with Gasteiger partial charge < -0.3 is 14.6 Å². The Morgan fingerprint density at radius 2 is 1.60 bits per heavy atom. The van der Waals surface area contributed by atoms with E-state index in [1.54, 1.807) is 29.1 Å². The van der Waals surface area contributed by atoms with Crippen LogP contribution in [0, 0.1) is 0 Å². The Balaban J connectivity index is 1.24. The summed E-state index contributed by atoms with van der Waals surface area (Å²) in [6, 6.07) is 16.9. The lowest BCUT2D eigenvalue weighted by molar-refractivity contribution is 0.0695. The summed E-state index contributed by atoms with van der Waals surface area (Å²) >= 11 is 0. The molecular weight excluding hydrogens is 442 g/mol. The van der Waals surface area contributed by atoms with Gasteiger partial charge in [-0.25, -0.2) is 4.79 Å². The molecule has 0 atom stereocenters. The molecule has 1 fully saturated rings. The zero-order chi connectivity index (χ0) is 24.0. The summed E-state index contributed by atoms with van der Waals surface area (Å²) in [6.07, 6.45) is 8.49. The van der Waals surface area contributed by atoms with Crippen LogP contribution in [0.2, 0.25) is 0 Å². The number of imidazole rings is 1. The number of ether oxygens (including phenoxy) is 2. The topological polar surface area (TPSA) is 68.9 Å². The average molecular weight is 470 g/mol. The Morgan fingerprint density at radius 1 is 0.886 bits per heavy atom. The van der Waals surface area contributed by atoms with E-state index in [0.717, 1.165) is 43.9 Å². The third-order valence-electron chi connectivity index (χ3n) is 6.06. The molecule has 178 valence electrons. The highest BCUT2D eigenvalue weighted by atomic mass is 16.5. The van der Waals surface area contributed by atoms with Gasteiger partial charge in [0.1, 0.15) is 23.8 Å². The van der Waals surface area contributed by atoms with Crippen molar-refractivity contribution in [3.8, 4) is 17.2 Å². The van der Waals surface area contributed by atoms with Crippen molar-refractivity contribution in [1.82, 2.24) is 14.0 Å². The predicted molar refractivity (Wildman–Crippen MR) is 134 cm³/mol. The van der Waals surface area contributed by atoms with Crippen molar-refractivity contribution in [2.24, 2.45) is 0 Å². The number of hydrogen-bond donors (Lipinski definition) is 1. The molecule has 7 heteroatoms. The van der Waals surface area contributed by atoms with Gasteiger partial charge in [-0.15, -0.1) is 0 Å². The Bertz CT molecular complexity index is 1350. The van der Waals surface area contributed by atoms with Gasteiger partial charge in [0.25, 0.3) is 0 Å². The molecule has 1 aliphatic heterocycles. The monoisotopic (exact) mass is 469 g/mol. The van der Waals surface area contributed by atoms with Crippen molar-refractivity contribution < 1.29 is 14.6 Å². The molecule has 0 spiro atoms. The van der Waals surface area contributed by atoms with E-state index in [0.29, 0.717) is 23.8 Å². The molecule has 0 unspecified atom stereocenters. The SMILES string of the molecule is O=c1n(C2=C=C=C(OCCN3CCC(O)CC3)C=C2)ccn1-c1ccc(Oc2ccccc2)cc1. The maximum Gasteiger partial charge on any atom is 0.337 e. The third-order valence-corrected chi connectivity index (χ3v) is 6.06. The largest absolute Gasteiger partial charge is 0.484 e. The molecule has 1 N–H and O–H groups in total. The van der Waals surface area contributed by atoms with Crippen molar-refractivity contribution in [2.75, 3.05) is 26.2 Å². The number of aliphatic hydroxyl groups excluding tert-OH is 1. The first-order valence-corrected chi connectivity index (χ1v) is 11.8. The lowest BCUT2D eigenvalue weighted by atomic mass is 10.1. The maximum atomic E-state index is 13.0. The van der Waals surface area contributed by atoms with Gasteiger partial charge in [0.15, 0.2) is 5.76 Å². The summed E-state index contributed by atoms with van der Waals surface area (Å²) < 4.78 is 14.7. The van der Waals surface area contributed by atoms with Gasteiger partial charge in [0.05, 0.1) is 11.8 Å². The van der Waals surface area contributed by atoms with Gasteiger partial charge in [-0.2, -0.15) is 0 Å². The first-order valence-electron chi connectivity index (χ1n) is 11.8. The van der Waals surface area contributed by atoms with Crippen LogP contribution < -0.4 is 10.4 Å². The predicted octanol–water partition coefficient (Wildman–Crippen LogP) is 3.95. The molecular formula is C28H27N3O4. The van der Waals surface area contributed by atoms with E-state index in [9.17, 15) is 9.90 Å². The number of para-hydroxylation sites is 1. The minimum absolute atomic E-state index is 0.172. The van der Waals surface area contributed by atoms with Crippen molar-refractivity contribution in [3.63, 3.8) is 0 Å². The summed E-state index contributed by atoms with van der Waals surface area (Å²) in [7, 11) is 0. The smallest absolute Gasteiger partial charge is 0.337 e. The minimum atomic E-state index is -0.202. The third kappa shape index (κ3) is 5.57. The van der Waals surface area contributed by atoms with Crippen LogP contribution in [0.5, 0.6) is 11.5 Å². The molecule has 2 aromatic carbocycles. The van der Waals surface area contributed by atoms with Crippen LogP contribution in [-0.4, -0.2) is 51.5 Å². The number of nitrogens with zero attached hydrogens (tertiary/aromatic N) is 3. The lowest BCUT2D eigenvalue weighted by Gasteiger charge is -2.29. The Kier molecular flexibility index (Phi) is 6.85. The van der Waals surface area contributed by atoms with Crippen LogP contribution in [-0.2, 0) is 4.74 Å². The second-order valence-corrected chi connectivity index (χ2v) is 8.48. The highest BCUT2D eigenvalue weighted by Gasteiger charge is 2.16. The molecule has 5 rings (SSSR count). The normalized spacial score (nSPS) is 16.1. The molecule has 1 saturated heterocycles. The quantitative estimate of drug-likeness (QED) is 0.506. The van der Waals surface area contributed by atoms with E-state index < -0.39 is 0 Å². The molecule has 2 heterocycles. The summed E-state index contributed by atoms with van der Waals surface area (Å²) in [6.45, 7) is 3.13. The average Bonchev–Trinajstić information content (AvgIpc) is 3.28. The van der Waals surface area contributed by atoms with Crippen LogP contribution in [0.3, 0.4) is 0 Å². The van der Waals surface area contributed by atoms with E-state index in [1.807, 2.05) is 54.6 Å². The van der Waals surface area contributed by atoms with Gasteiger partial charge in [0, 0.05) is 32.0 Å². The van der Waals surface area contributed by atoms with Crippen LogP contribution in [0.15, 0.2) is 101 Å². The summed E-state index contributed by atoms with van der Waals surface area (Å²) in [4.78, 5) is 15.3. The van der Waals surface area contributed by atoms with Gasteiger partial charge >= 0.3 is 5.69 Å². The number of piperidine rings is 1. The summed E-state index contributed by atoms with van der Waals surface area (Å²) in [5.41, 5.74) is 7.15. The number of aromatic nitrogens is 2. The highest BCUT2D eigenvalue weighted by Crippen LogP contribution is 2.22. The van der Waals surface area contributed by atoms with E-state index in [-0.39, 0.29) is 11.8 Å². The first kappa shape index (κ1) is 22.8. The number of rotatable bonds is 8. The Labute approximate surface area is 203 Å². The number of allylic oxidation sites excluding steroid dienone is 3. The molecule has 3 aromatic rings. The van der Waals surface area contributed by atoms with E-state index >= 15 is 0 Å². The Hall–Kier alpha value is -3.99. The fraction of sp³-hybridized carbons (Fsp3) is 0.250. The summed E-state index contributed by atoms with van der Waals surface area (Å²) in [5.74, 6) is 2.05. The zero-order valence-electron chi connectivity index (χ0n) is 19.3. The number of benzene rings is 2. The second-order valence-electron chi connectivity index (χ2n) is 8.48. The standard InChI is InChI=1S/C28H27N3O4/c32-24-14-16-29(17-15-24)20-21-34-25-10-6-22(7-11-25)30-18-19-31(28(30)33)23-8-12-27(13-9-23)35-26-4-2-1-3-5-26/h1-6,8-10,12-13,18-19,24,32H,14-17,20-21H2. The lowest BCUT2D eigenvalue weighted by Crippen LogP contribution is -2.37. The van der Waals surface area contributed by atoms with Gasteiger partial charge in [-0.05, 0) is 72.9 Å². The molecule has 0 bridgehead atoms. The fourth-order valence-corrected chi connectivity index (χ4v) is 4.07. The number of hydrogen-bond acceptors (Lipinski definition) is 5. The Morgan fingerprint density at radius 3 is 2.31 bits per heavy atom. The van der Waals surface area contributed by atoms with Crippen molar-refractivity contribution >= 4 is 5.70 Å².